The molecule has 1 atom stereocenters. The quantitative estimate of drug-likeness (QED) is 0.691. The van der Waals surface area contributed by atoms with Gasteiger partial charge in [-0.1, -0.05) is 61.5 Å². The second kappa shape index (κ2) is 8.39. The Morgan fingerprint density at radius 3 is 2.46 bits per heavy atom. The lowest BCUT2D eigenvalue weighted by Gasteiger charge is -2.19. The molecule has 0 aromatic heterocycles. The topological polar surface area (TPSA) is 47.6 Å². The van der Waals surface area contributed by atoms with Crippen LogP contribution in [0.5, 0.6) is 11.5 Å². The van der Waals surface area contributed by atoms with Gasteiger partial charge in [0.2, 0.25) is 0 Å². The van der Waals surface area contributed by atoms with Crippen molar-refractivity contribution in [1.29, 1.82) is 0 Å². The molecule has 134 valence electrons. The van der Waals surface area contributed by atoms with Crippen molar-refractivity contribution in [2.75, 3.05) is 7.11 Å². The average Bonchev–Trinajstić information content (AvgIpc) is 2.70. The first kappa shape index (κ1) is 17.8. The fourth-order valence-corrected chi connectivity index (χ4v) is 2.92. The molecule has 0 unspecified atom stereocenters. The molecule has 0 radical (unpaired) electrons. The largest absolute Gasteiger partial charge is 0.496 e. The molecule has 0 aliphatic heterocycles. The average molecular weight is 349 g/mol. The lowest BCUT2D eigenvalue weighted by molar-refractivity contribution is -0.128. The summed E-state index contributed by atoms with van der Waals surface area (Å²) in [5.74, 6) is 1.35. The van der Waals surface area contributed by atoms with Crippen LogP contribution in [0.15, 0.2) is 66.7 Å². The molecular weight excluding hydrogens is 326 g/mol. The Morgan fingerprint density at radius 1 is 0.962 bits per heavy atom. The SMILES string of the molecule is CC[C@H](Oc1cccc2ccccc12)C(=O)NCc1ccccc1OC. The number of hydrogen-bond acceptors (Lipinski definition) is 3. The fourth-order valence-electron chi connectivity index (χ4n) is 2.92. The maximum absolute atomic E-state index is 12.6. The van der Waals surface area contributed by atoms with Gasteiger partial charge in [-0.25, -0.2) is 0 Å². The summed E-state index contributed by atoms with van der Waals surface area (Å²) in [4.78, 5) is 12.6. The molecular formula is C22H23NO3. The van der Waals surface area contributed by atoms with Crippen molar-refractivity contribution in [1.82, 2.24) is 5.32 Å². The van der Waals surface area contributed by atoms with Gasteiger partial charge in [0, 0.05) is 17.5 Å². The zero-order valence-electron chi connectivity index (χ0n) is 15.1. The van der Waals surface area contributed by atoms with Crippen molar-refractivity contribution >= 4 is 16.7 Å². The second-order valence-corrected chi connectivity index (χ2v) is 6.02. The van der Waals surface area contributed by atoms with E-state index in [1.807, 2.05) is 73.7 Å². The number of para-hydroxylation sites is 1. The highest BCUT2D eigenvalue weighted by molar-refractivity contribution is 5.89. The Labute approximate surface area is 153 Å². The number of ether oxygens (including phenoxy) is 2. The summed E-state index contributed by atoms with van der Waals surface area (Å²) in [5, 5.41) is 5.05. The van der Waals surface area contributed by atoms with Crippen LogP contribution in [0, 0.1) is 0 Å². The minimum atomic E-state index is -0.546. The summed E-state index contributed by atoms with van der Waals surface area (Å²) in [5.41, 5.74) is 0.934. The van der Waals surface area contributed by atoms with Gasteiger partial charge in [-0.2, -0.15) is 0 Å². The van der Waals surface area contributed by atoms with E-state index in [0.717, 1.165) is 27.8 Å². The maximum Gasteiger partial charge on any atom is 0.261 e. The predicted octanol–water partition coefficient (Wildman–Crippen LogP) is 4.32. The Bertz CT molecular complexity index is 886. The van der Waals surface area contributed by atoms with Crippen LogP contribution >= 0.6 is 0 Å². The molecule has 26 heavy (non-hydrogen) atoms. The number of benzene rings is 3. The van der Waals surface area contributed by atoms with Crippen molar-refractivity contribution in [3.63, 3.8) is 0 Å². The Kier molecular flexibility index (Phi) is 5.74. The van der Waals surface area contributed by atoms with Gasteiger partial charge in [0.05, 0.1) is 7.11 Å². The van der Waals surface area contributed by atoms with Gasteiger partial charge in [-0.3, -0.25) is 4.79 Å². The Balaban J connectivity index is 1.71. The van der Waals surface area contributed by atoms with Gasteiger partial charge >= 0.3 is 0 Å². The van der Waals surface area contributed by atoms with Crippen molar-refractivity contribution in [3.8, 4) is 11.5 Å². The predicted molar refractivity (Wildman–Crippen MR) is 103 cm³/mol. The molecule has 0 heterocycles. The van der Waals surface area contributed by atoms with E-state index in [2.05, 4.69) is 5.32 Å². The minimum Gasteiger partial charge on any atom is -0.496 e. The van der Waals surface area contributed by atoms with E-state index in [4.69, 9.17) is 9.47 Å². The highest BCUT2D eigenvalue weighted by Gasteiger charge is 2.19. The standard InChI is InChI=1S/C22H23NO3/c1-3-19(22(24)23-15-17-10-5-7-13-20(17)25-2)26-21-14-8-11-16-9-4-6-12-18(16)21/h4-14,19H,3,15H2,1-2H3,(H,23,24)/t19-/m0/s1. The molecule has 1 N–H and O–H groups in total. The van der Waals surface area contributed by atoms with Crippen LogP contribution in [0.1, 0.15) is 18.9 Å². The minimum absolute atomic E-state index is 0.133. The van der Waals surface area contributed by atoms with Gasteiger partial charge < -0.3 is 14.8 Å². The first-order valence-corrected chi connectivity index (χ1v) is 8.77. The van der Waals surface area contributed by atoms with Gasteiger partial charge in [-0.15, -0.1) is 0 Å². The summed E-state index contributed by atoms with van der Waals surface area (Å²) >= 11 is 0. The zero-order valence-corrected chi connectivity index (χ0v) is 15.1. The summed E-state index contributed by atoms with van der Waals surface area (Å²) in [6.45, 7) is 2.34. The smallest absolute Gasteiger partial charge is 0.261 e. The molecule has 3 aromatic carbocycles. The monoisotopic (exact) mass is 349 g/mol. The molecule has 1 amide bonds. The van der Waals surface area contributed by atoms with E-state index in [9.17, 15) is 4.79 Å². The molecule has 0 saturated carbocycles. The van der Waals surface area contributed by atoms with Crippen LogP contribution < -0.4 is 14.8 Å². The third-order valence-corrected chi connectivity index (χ3v) is 4.33. The first-order chi connectivity index (χ1) is 12.7. The van der Waals surface area contributed by atoms with Crippen LogP contribution in [0.3, 0.4) is 0 Å². The van der Waals surface area contributed by atoms with Crippen LogP contribution in [0.25, 0.3) is 10.8 Å². The third-order valence-electron chi connectivity index (χ3n) is 4.33. The summed E-state index contributed by atoms with van der Waals surface area (Å²) in [7, 11) is 1.62. The van der Waals surface area contributed by atoms with E-state index in [1.165, 1.54) is 0 Å². The number of carbonyl (C=O) groups excluding carboxylic acids is 1. The normalized spacial score (nSPS) is 11.8. The molecule has 4 nitrogen and oxygen atoms in total. The summed E-state index contributed by atoms with van der Waals surface area (Å²) < 4.78 is 11.4. The molecule has 3 rings (SSSR count). The number of carbonyl (C=O) groups is 1. The number of nitrogens with one attached hydrogen (secondary N) is 1. The van der Waals surface area contributed by atoms with E-state index >= 15 is 0 Å². The second-order valence-electron chi connectivity index (χ2n) is 6.02. The molecule has 0 fully saturated rings. The number of methoxy groups -OCH3 is 1. The Hall–Kier alpha value is -3.01. The number of fused-ring (bicyclic) bond motifs is 1. The van der Waals surface area contributed by atoms with Crippen molar-refractivity contribution in [3.05, 3.63) is 72.3 Å². The van der Waals surface area contributed by atoms with Gasteiger partial charge in [0.1, 0.15) is 11.5 Å². The van der Waals surface area contributed by atoms with Crippen LogP contribution in [-0.2, 0) is 11.3 Å². The molecule has 0 saturated heterocycles. The highest BCUT2D eigenvalue weighted by Crippen LogP contribution is 2.26. The first-order valence-electron chi connectivity index (χ1n) is 8.77. The fraction of sp³-hybridized carbons (Fsp3) is 0.227. The van der Waals surface area contributed by atoms with Gasteiger partial charge in [0.15, 0.2) is 6.10 Å². The van der Waals surface area contributed by atoms with Crippen LogP contribution in [0.2, 0.25) is 0 Å². The summed E-state index contributed by atoms with van der Waals surface area (Å²) in [6, 6.07) is 21.5. The zero-order chi connectivity index (χ0) is 18.4. The number of rotatable bonds is 7. The molecule has 0 bridgehead atoms. The molecule has 0 spiro atoms. The molecule has 3 aromatic rings. The number of hydrogen-bond donors (Lipinski definition) is 1. The van der Waals surface area contributed by atoms with Crippen LogP contribution in [-0.4, -0.2) is 19.1 Å². The molecule has 4 heteroatoms. The van der Waals surface area contributed by atoms with Crippen LogP contribution in [0.4, 0.5) is 0 Å². The van der Waals surface area contributed by atoms with Gasteiger partial charge in [0.25, 0.3) is 5.91 Å². The van der Waals surface area contributed by atoms with Crippen molar-refractivity contribution in [2.24, 2.45) is 0 Å². The van der Waals surface area contributed by atoms with Gasteiger partial charge in [-0.05, 0) is 23.9 Å². The van der Waals surface area contributed by atoms with E-state index in [-0.39, 0.29) is 5.91 Å². The molecule has 0 aliphatic rings. The summed E-state index contributed by atoms with van der Waals surface area (Å²) in [6.07, 6.45) is 0.0385. The van der Waals surface area contributed by atoms with E-state index < -0.39 is 6.10 Å². The number of amides is 1. The lowest BCUT2D eigenvalue weighted by atomic mass is 10.1. The lowest BCUT2D eigenvalue weighted by Crippen LogP contribution is -2.37. The maximum atomic E-state index is 12.6. The Morgan fingerprint density at radius 2 is 1.65 bits per heavy atom. The highest BCUT2D eigenvalue weighted by atomic mass is 16.5. The van der Waals surface area contributed by atoms with Crippen molar-refractivity contribution < 1.29 is 14.3 Å². The van der Waals surface area contributed by atoms with E-state index in [1.54, 1.807) is 7.11 Å². The third kappa shape index (κ3) is 3.97. The molecule has 0 aliphatic carbocycles. The van der Waals surface area contributed by atoms with Crippen molar-refractivity contribution in [2.45, 2.75) is 26.0 Å². The van der Waals surface area contributed by atoms with E-state index in [0.29, 0.717) is 13.0 Å².